The van der Waals surface area contributed by atoms with E-state index >= 15 is 0 Å². The lowest BCUT2D eigenvalue weighted by atomic mass is 10.0. The largest absolute Gasteiger partial charge is 0.456 e. The first-order valence-corrected chi connectivity index (χ1v) is 19.2. The first-order valence-electron chi connectivity index (χ1n) is 19.2. The van der Waals surface area contributed by atoms with E-state index in [2.05, 4.69) is 180 Å². The van der Waals surface area contributed by atoms with Crippen LogP contribution in [0.25, 0.3) is 76.6 Å². The Kier molecular flexibility index (Phi) is 6.86. The second kappa shape index (κ2) is 12.4. The molecule has 0 bridgehead atoms. The van der Waals surface area contributed by atoms with Gasteiger partial charge < -0.3 is 23.1 Å². The molecule has 0 aliphatic heterocycles. The van der Waals surface area contributed by atoms with Gasteiger partial charge in [0.25, 0.3) is 0 Å². The zero-order valence-corrected chi connectivity index (χ0v) is 30.6. The second-order valence-corrected chi connectivity index (χ2v) is 14.5. The SMILES string of the molecule is c1ccc(N(c2ccc3c(c2)oc2ccccc23)c2cc(N(c3ccccc3)c3cccc4oc5ccccc5c34)c3c(c2)oc2c4ccccc4ccc23)cc1. The molecule has 12 aromatic rings. The molecule has 5 heteroatoms. The summed E-state index contributed by atoms with van der Waals surface area (Å²) in [5, 5.41) is 8.56. The van der Waals surface area contributed by atoms with Gasteiger partial charge in [-0.3, -0.25) is 0 Å². The van der Waals surface area contributed by atoms with Crippen LogP contribution in [0.1, 0.15) is 0 Å². The van der Waals surface area contributed by atoms with Gasteiger partial charge >= 0.3 is 0 Å². The molecule has 0 amide bonds. The molecule has 3 heterocycles. The molecule has 0 radical (unpaired) electrons. The van der Waals surface area contributed by atoms with Gasteiger partial charge in [0.15, 0.2) is 0 Å². The lowest BCUT2D eigenvalue weighted by Crippen LogP contribution is -2.13. The summed E-state index contributed by atoms with van der Waals surface area (Å²) < 4.78 is 20.0. The van der Waals surface area contributed by atoms with Crippen molar-refractivity contribution >= 4 is 111 Å². The lowest BCUT2D eigenvalue weighted by Gasteiger charge is -2.30. The Bertz CT molecular complexity index is 3490. The molecule has 9 aromatic carbocycles. The van der Waals surface area contributed by atoms with Gasteiger partial charge in [-0.25, -0.2) is 0 Å². The lowest BCUT2D eigenvalue weighted by molar-refractivity contribution is 0.668. The van der Waals surface area contributed by atoms with Gasteiger partial charge in [0.1, 0.15) is 33.5 Å². The van der Waals surface area contributed by atoms with Gasteiger partial charge in [-0.1, -0.05) is 109 Å². The van der Waals surface area contributed by atoms with Crippen LogP contribution in [0.4, 0.5) is 34.1 Å². The van der Waals surface area contributed by atoms with Crippen LogP contribution in [0.2, 0.25) is 0 Å². The Morgan fingerprint density at radius 3 is 1.67 bits per heavy atom. The van der Waals surface area contributed by atoms with Gasteiger partial charge in [-0.05, 0) is 78.2 Å². The van der Waals surface area contributed by atoms with Crippen LogP contribution in [0, 0.1) is 0 Å². The van der Waals surface area contributed by atoms with Gasteiger partial charge in [0, 0.05) is 56.1 Å². The van der Waals surface area contributed by atoms with E-state index in [0.717, 1.165) is 111 Å². The number of para-hydroxylation sites is 4. The minimum atomic E-state index is 0.782. The van der Waals surface area contributed by atoms with E-state index in [4.69, 9.17) is 13.3 Å². The van der Waals surface area contributed by atoms with E-state index < -0.39 is 0 Å². The first-order chi connectivity index (χ1) is 28.3. The van der Waals surface area contributed by atoms with E-state index in [1.54, 1.807) is 0 Å². The van der Waals surface area contributed by atoms with Crippen LogP contribution in [0.3, 0.4) is 0 Å². The quantitative estimate of drug-likeness (QED) is 0.170. The van der Waals surface area contributed by atoms with Crippen LogP contribution >= 0.6 is 0 Å². The maximum atomic E-state index is 7.05. The molecular weight excluding hydrogens is 701 g/mol. The summed E-state index contributed by atoms with van der Waals surface area (Å²) in [5.41, 5.74) is 10.9. The standard InChI is InChI=1S/C52H32N2O3/c1-3-15-34(16-4-1)53(36-27-29-40-39-20-9-11-23-45(39)56-48(40)31-36)37-30-44(51-42-28-26-33-14-7-8-19-38(33)52(42)57-49(51)32-37)54(35-17-5-2-6-18-35)43-22-13-25-47-50(43)41-21-10-12-24-46(41)55-47/h1-32H. The average molecular weight is 733 g/mol. The van der Waals surface area contributed by atoms with Crippen molar-refractivity contribution in [2.45, 2.75) is 0 Å². The van der Waals surface area contributed by atoms with Crippen molar-refractivity contribution in [1.82, 2.24) is 0 Å². The van der Waals surface area contributed by atoms with Crippen LogP contribution < -0.4 is 9.80 Å². The van der Waals surface area contributed by atoms with Crippen molar-refractivity contribution in [3.8, 4) is 0 Å². The van der Waals surface area contributed by atoms with Crippen molar-refractivity contribution < 1.29 is 13.3 Å². The number of nitrogens with zero attached hydrogens (tertiary/aromatic N) is 2. The van der Waals surface area contributed by atoms with Gasteiger partial charge in [0.2, 0.25) is 0 Å². The minimum Gasteiger partial charge on any atom is -0.456 e. The van der Waals surface area contributed by atoms with Crippen molar-refractivity contribution in [2.75, 3.05) is 9.80 Å². The minimum absolute atomic E-state index is 0.782. The number of fused-ring (bicyclic) bond motifs is 11. The molecule has 0 saturated carbocycles. The highest BCUT2D eigenvalue weighted by Crippen LogP contribution is 2.50. The third-order valence-corrected chi connectivity index (χ3v) is 11.2. The summed E-state index contributed by atoms with van der Waals surface area (Å²) in [7, 11) is 0. The molecule has 5 nitrogen and oxygen atoms in total. The highest BCUT2D eigenvalue weighted by molar-refractivity contribution is 6.22. The number of hydrogen-bond donors (Lipinski definition) is 0. The van der Waals surface area contributed by atoms with Gasteiger partial charge in [0.05, 0.1) is 27.8 Å². The van der Waals surface area contributed by atoms with Crippen molar-refractivity contribution in [1.29, 1.82) is 0 Å². The zero-order valence-electron chi connectivity index (χ0n) is 30.6. The highest BCUT2D eigenvalue weighted by Gasteiger charge is 2.26. The molecule has 268 valence electrons. The predicted octanol–water partition coefficient (Wildman–Crippen LogP) is 15.5. The van der Waals surface area contributed by atoms with Crippen LogP contribution in [-0.2, 0) is 0 Å². The second-order valence-electron chi connectivity index (χ2n) is 14.5. The molecule has 3 aromatic heterocycles. The first kappa shape index (κ1) is 31.6. The predicted molar refractivity (Wildman–Crippen MR) is 235 cm³/mol. The van der Waals surface area contributed by atoms with E-state index in [1.165, 1.54) is 0 Å². The fraction of sp³-hybridized carbons (Fsp3) is 0. The number of anilines is 6. The fourth-order valence-electron chi connectivity index (χ4n) is 8.71. The van der Waals surface area contributed by atoms with E-state index in [9.17, 15) is 0 Å². The van der Waals surface area contributed by atoms with Crippen molar-refractivity contribution in [3.63, 3.8) is 0 Å². The van der Waals surface area contributed by atoms with E-state index in [1.807, 2.05) is 24.3 Å². The summed E-state index contributed by atoms with van der Waals surface area (Å²) in [6.07, 6.45) is 0. The monoisotopic (exact) mass is 732 g/mol. The van der Waals surface area contributed by atoms with Crippen molar-refractivity contribution in [2.24, 2.45) is 0 Å². The van der Waals surface area contributed by atoms with E-state index in [0.29, 0.717) is 0 Å². The molecule has 0 fully saturated rings. The Balaban J connectivity index is 1.20. The van der Waals surface area contributed by atoms with E-state index in [-0.39, 0.29) is 0 Å². The highest BCUT2D eigenvalue weighted by atomic mass is 16.3. The number of furan rings is 3. The summed E-state index contributed by atoms with van der Waals surface area (Å²) in [4.78, 5) is 4.66. The van der Waals surface area contributed by atoms with Gasteiger partial charge in [-0.2, -0.15) is 0 Å². The maximum Gasteiger partial charge on any atom is 0.143 e. The molecule has 0 spiro atoms. The molecule has 0 saturated heterocycles. The van der Waals surface area contributed by atoms with Crippen molar-refractivity contribution in [3.05, 3.63) is 194 Å². The van der Waals surface area contributed by atoms with Gasteiger partial charge in [-0.15, -0.1) is 0 Å². The van der Waals surface area contributed by atoms with Crippen LogP contribution in [-0.4, -0.2) is 0 Å². The summed E-state index contributed by atoms with van der Waals surface area (Å²) in [6.45, 7) is 0. The molecule has 0 atom stereocenters. The summed E-state index contributed by atoms with van der Waals surface area (Å²) >= 11 is 0. The Labute approximate surface area is 326 Å². The molecule has 0 unspecified atom stereocenters. The molecule has 12 rings (SSSR count). The Morgan fingerprint density at radius 1 is 0.281 bits per heavy atom. The van der Waals surface area contributed by atoms with Crippen LogP contribution in [0.15, 0.2) is 207 Å². The third kappa shape index (κ3) is 4.89. The molecule has 0 aliphatic carbocycles. The maximum absolute atomic E-state index is 7.05. The summed E-state index contributed by atoms with van der Waals surface area (Å²) in [6, 6.07) is 67.7. The number of rotatable bonds is 6. The fourth-order valence-corrected chi connectivity index (χ4v) is 8.71. The Morgan fingerprint density at radius 2 is 0.860 bits per heavy atom. The number of benzene rings is 9. The number of hydrogen-bond acceptors (Lipinski definition) is 5. The smallest absolute Gasteiger partial charge is 0.143 e. The average Bonchev–Trinajstić information content (AvgIpc) is 3.96. The topological polar surface area (TPSA) is 45.9 Å². The third-order valence-electron chi connectivity index (χ3n) is 11.2. The Hall–Kier alpha value is -7.76. The molecule has 0 aliphatic rings. The summed E-state index contributed by atoms with van der Waals surface area (Å²) in [5.74, 6) is 0. The molecular formula is C52H32N2O3. The van der Waals surface area contributed by atoms with Crippen LogP contribution in [0.5, 0.6) is 0 Å². The zero-order chi connectivity index (χ0) is 37.5. The molecule has 0 N–H and O–H groups in total. The molecule has 57 heavy (non-hydrogen) atoms. The normalized spacial score (nSPS) is 11.9.